The average Bonchev–Trinajstić information content (AvgIpc) is 2.70. The second kappa shape index (κ2) is 6.23. The molecule has 0 aromatic rings. The summed E-state index contributed by atoms with van der Waals surface area (Å²) < 4.78 is 10.0. The van der Waals surface area contributed by atoms with E-state index in [1.165, 1.54) is 12.0 Å². The maximum absolute atomic E-state index is 12.1. The fourth-order valence-corrected chi connectivity index (χ4v) is 2.20. The molecule has 1 aliphatic heterocycles. The number of nitrogens with zero attached hydrogens (tertiary/aromatic N) is 1. The largest absolute Gasteiger partial charge is 0.467 e. The normalized spacial score (nSPS) is 23.3. The predicted molar refractivity (Wildman–Crippen MR) is 68.6 cm³/mol. The fraction of sp³-hybridized carbons (Fsp3) is 0.846. The highest BCUT2D eigenvalue weighted by Gasteiger charge is 2.41. The van der Waals surface area contributed by atoms with Gasteiger partial charge in [0.15, 0.2) is 0 Å². The summed E-state index contributed by atoms with van der Waals surface area (Å²) in [6, 6.07) is -0.614. The van der Waals surface area contributed by atoms with Gasteiger partial charge in [0.05, 0.1) is 7.11 Å². The zero-order valence-electron chi connectivity index (χ0n) is 12.0. The van der Waals surface area contributed by atoms with E-state index < -0.39 is 23.7 Å². The Morgan fingerprint density at radius 1 is 1.37 bits per heavy atom. The molecule has 1 rings (SSSR count). The van der Waals surface area contributed by atoms with Crippen LogP contribution < -0.4 is 0 Å². The van der Waals surface area contributed by atoms with E-state index in [-0.39, 0.29) is 12.5 Å². The number of carbonyl (C=O) groups is 2. The van der Waals surface area contributed by atoms with Crippen LogP contribution in [-0.2, 0) is 14.3 Å². The summed E-state index contributed by atoms with van der Waals surface area (Å²) in [5.74, 6) is -0.340. The Bertz CT molecular complexity index is 336. The van der Waals surface area contributed by atoms with Crippen LogP contribution >= 0.6 is 0 Å². The monoisotopic (exact) mass is 273 g/mol. The van der Waals surface area contributed by atoms with E-state index in [0.717, 1.165) is 0 Å². The van der Waals surface area contributed by atoms with Gasteiger partial charge in [-0.25, -0.2) is 9.59 Å². The topological polar surface area (TPSA) is 76.1 Å². The molecule has 1 N–H and O–H groups in total. The molecule has 0 aliphatic carbocycles. The van der Waals surface area contributed by atoms with Crippen LogP contribution in [0, 0.1) is 5.92 Å². The van der Waals surface area contributed by atoms with Crippen LogP contribution in [0.5, 0.6) is 0 Å². The predicted octanol–water partition coefficient (Wildman–Crippen LogP) is 1.17. The number of amides is 1. The van der Waals surface area contributed by atoms with Crippen molar-refractivity contribution in [1.29, 1.82) is 0 Å². The highest BCUT2D eigenvalue weighted by atomic mass is 16.6. The molecule has 0 aromatic heterocycles. The van der Waals surface area contributed by atoms with Crippen molar-refractivity contribution in [3.8, 4) is 0 Å². The summed E-state index contributed by atoms with van der Waals surface area (Å²) in [7, 11) is 1.30. The molecule has 0 spiro atoms. The molecule has 2 atom stereocenters. The van der Waals surface area contributed by atoms with Crippen LogP contribution in [0.15, 0.2) is 0 Å². The first-order valence-corrected chi connectivity index (χ1v) is 6.46. The minimum atomic E-state index is -0.614. The molecule has 1 heterocycles. The molecule has 19 heavy (non-hydrogen) atoms. The van der Waals surface area contributed by atoms with Crippen molar-refractivity contribution in [3.63, 3.8) is 0 Å². The lowest BCUT2D eigenvalue weighted by atomic mass is 10.0. The highest BCUT2D eigenvalue weighted by molar-refractivity contribution is 5.82. The molecule has 0 radical (unpaired) electrons. The van der Waals surface area contributed by atoms with Crippen LogP contribution in [0.2, 0.25) is 0 Å². The third kappa shape index (κ3) is 4.38. The fourth-order valence-electron chi connectivity index (χ4n) is 2.20. The van der Waals surface area contributed by atoms with Crippen LogP contribution in [0.4, 0.5) is 4.79 Å². The number of esters is 1. The van der Waals surface area contributed by atoms with E-state index in [4.69, 9.17) is 14.6 Å². The summed E-state index contributed by atoms with van der Waals surface area (Å²) in [5, 5.41) is 8.97. The number of ether oxygens (including phenoxy) is 2. The van der Waals surface area contributed by atoms with Crippen LogP contribution in [-0.4, -0.2) is 54.0 Å². The maximum atomic E-state index is 12.1. The third-order valence-corrected chi connectivity index (χ3v) is 3.03. The van der Waals surface area contributed by atoms with Crippen LogP contribution in [0.25, 0.3) is 0 Å². The minimum Gasteiger partial charge on any atom is -0.467 e. The van der Waals surface area contributed by atoms with Gasteiger partial charge in [-0.2, -0.15) is 0 Å². The van der Waals surface area contributed by atoms with Gasteiger partial charge in [0.25, 0.3) is 0 Å². The van der Waals surface area contributed by atoms with E-state index in [2.05, 4.69) is 0 Å². The lowest BCUT2D eigenvalue weighted by molar-refractivity contribution is -0.145. The second-order valence-corrected chi connectivity index (χ2v) is 5.79. The van der Waals surface area contributed by atoms with Gasteiger partial charge in [0.1, 0.15) is 11.6 Å². The summed E-state index contributed by atoms with van der Waals surface area (Å²) in [6.07, 6.45) is 0.558. The van der Waals surface area contributed by atoms with E-state index in [1.807, 2.05) is 0 Å². The molecular weight excluding hydrogens is 250 g/mol. The molecule has 6 nitrogen and oxygen atoms in total. The third-order valence-electron chi connectivity index (χ3n) is 3.03. The van der Waals surface area contributed by atoms with E-state index in [9.17, 15) is 9.59 Å². The SMILES string of the molecule is COC(=O)[C@@H]1C[C@H](CCO)CN1C(=O)OC(C)(C)C. The summed E-state index contributed by atoms with van der Waals surface area (Å²) in [4.78, 5) is 25.2. The van der Waals surface area contributed by atoms with E-state index >= 15 is 0 Å². The van der Waals surface area contributed by atoms with Gasteiger partial charge in [-0.15, -0.1) is 0 Å². The number of aliphatic hydroxyl groups is 1. The van der Waals surface area contributed by atoms with Crippen molar-refractivity contribution in [2.75, 3.05) is 20.3 Å². The number of aliphatic hydroxyl groups excluding tert-OH is 1. The molecule has 0 bridgehead atoms. The zero-order valence-corrected chi connectivity index (χ0v) is 12.0. The van der Waals surface area contributed by atoms with Gasteiger partial charge in [-0.05, 0) is 39.5 Å². The maximum Gasteiger partial charge on any atom is 0.411 e. The van der Waals surface area contributed by atoms with E-state index in [1.54, 1.807) is 20.8 Å². The molecule has 1 fully saturated rings. The molecule has 1 saturated heterocycles. The molecule has 0 aromatic carbocycles. The first-order valence-electron chi connectivity index (χ1n) is 6.46. The van der Waals surface area contributed by atoms with Crippen LogP contribution in [0.1, 0.15) is 33.6 Å². The van der Waals surface area contributed by atoms with E-state index in [0.29, 0.717) is 19.4 Å². The summed E-state index contributed by atoms with van der Waals surface area (Å²) >= 11 is 0. The van der Waals surface area contributed by atoms with Gasteiger partial charge in [-0.3, -0.25) is 4.90 Å². The number of rotatable bonds is 3. The Labute approximate surface area is 113 Å². The van der Waals surface area contributed by atoms with Gasteiger partial charge in [0.2, 0.25) is 0 Å². The Morgan fingerprint density at radius 3 is 2.47 bits per heavy atom. The first kappa shape index (κ1) is 15.8. The number of carbonyl (C=O) groups excluding carboxylic acids is 2. The number of methoxy groups -OCH3 is 1. The summed E-state index contributed by atoms with van der Waals surface area (Å²) in [6.45, 7) is 5.79. The Morgan fingerprint density at radius 2 is 2.00 bits per heavy atom. The first-order chi connectivity index (χ1) is 8.78. The van der Waals surface area contributed by atoms with Gasteiger partial charge in [-0.1, -0.05) is 0 Å². The van der Waals surface area contributed by atoms with Crippen molar-refractivity contribution in [3.05, 3.63) is 0 Å². The Balaban J connectivity index is 2.76. The molecule has 1 aliphatic rings. The Kier molecular flexibility index (Phi) is 5.17. The van der Waals surface area contributed by atoms with Crippen molar-refractivity contribution in [2.24, 2.45) is 5.92 Å². The van der Waals surface area contributed by atoms with Crippen molar-refractivity contribution >= 4 is 12.1 Å². The zero-order chi connectivity index (χ0) is 14.6. The van der Waals surface area contributed by atoms with Gasteiger partial charge < -0.3 is 14.6 Å². The van der Waals surface area contributed by atoms with Crippen molar-refractivity contribution in [1.82, 2.24) is 4.90 Å². The second-order valence-electron chi connectivity index (χ2n) is 5.79. The molecule has 1 amide bonds. The number of hydrogen-bond donors (Lipinski definition) is 1. The van der Waals surface area contributed by atoms with Crippen molar-refractivity contribution < 1.29 is 24.2 Å². The molecule has 0 unspecified atom stereocenters. The standard InChI is InChI=1S/C13H23NO5/c1-13(2,3)19-12(17)14-8-9(5-6-15)7-10(14)11(16)18-4/h9-10,15H,5-8H2,1-4H3/t9-,10-/m0/s1. The molecule has 0 saturated carbocycles. The lowest BCUT2D eigenvalue weighted by Gasteiger charge is -2.27. The Hall–Kier alpha value is -1.30. The highest BCUT2D eigenvalue weighted by Crippen LogP contribution is 2.28. The smallest absolute Gasteiger partial charge is 0.411 e. The van der Waals surface area contributed by atoms with Gasteiger partial charge >= 0.3 is 12.1 Å². The number of likely N-dealkylation sites (tertiary alicyclic amines) is 1. The molecular formula is C13H23NO5. The van der Waals surface area contributed by atoms with Crippen LogP contribution in [0.3, 0.4) is 0 Å². The van der Waals surface area contributed by atoms with Gasteiger partial charge in [0, 0.05) is 13.2 Å². The quantitative estimate of drug-likeness (QED) is 0.781. The number of hydrogen-bond acceptors (Lipinski definition) is 5. The summed E-state index contributed by atoms with van der Waals surface area (Å²) in [5.41, 5.74) is -0.604. The average molecular weight is 273 g/mol. The van der Waals surface area contributed by atoms with Crippen molar-refractivity contribution in [2.45, 2.75) is 45.3 Å². The lowest BCUT2D eigenvalue weighted by Crippen LogP contribution is -2.43. The molecule has 110 valence electrons. The minimum absolute atomic E-state index is 0.0424. The molecule has 6 heteroatoms.